The van der Waals surface area contributed by atoms with Crippen LogP contribution < -0.4 is 15.5 Å². The summed E-state index contributed by atoms with van der Waals surface area (Å²) in [5.41, 5.74) is 4.89. The summed E-state index contributed by atoms with van der Waals surface area (Å²) in [6.07, 6.45) is 1.38. The summed E-state index contributed by atoms with van der Waals surface area (Å²) in [5.74, 6) is -0.574. The molecule has 0 aliphatic carbocycles. The highest BCUT2D eigenvalue weighted by Gasteiger charge is 2.08. The fraction of sp³-hybridized carbons (Fsp3) is 0.120. The fourth-order valence-corrected chi connectivity index (χ4v) is 3.35. The number of carbonyl (C=O) groups excluding carboxylic acids is 2. The second-order valence-corrected chi connectivity index (χ2v) is 7.95. The molecule has 7 nitrogen and oxygen atoms in total. The summed E-state index contributed by atoms with van der Waals surface area (Å²) in [7, 11) is 0. The fourth-order valence-electron chi connectivity index (χ4n) is 2.84. The van der Waals surface area contributed by atoms with E-state index in [-0.39, 0.29) is 25.4 Å². The van der Waals surface area contributed by atoms with Crippen LogP contribution in [0.15, 0.2) is 76.3 Å². The van der Waals surface area contributed by atoms with Crippen molar-refractivity contribution in [2.45, 2.75) is 19.4 Å². The number of anilines is 1. The Morgan fingerprint density at radius 3 is 2.53 bits per heavy atom. The quantitative estimate of drug-likeness (QED) is 0.307. The lowest BCUT2D eigenvalue weighted by Crippen LogP contribution is -2.20. The molecule has 0 atom stereocenters. The van der Waals surface area contributed by atoms with Crippen molar-refractivity contribution in [2.75, 3.05) is 5.32 Å². The van der Waals surface area contributed by atoms with Crippen LogP contribution >= 0.6 is 15.9 Å². The first-order valence-corrected chi connectivity index (χ1v) is 11.0. The molecule has 0 heterocycles. The number of amides is 2. The number of hydrogen-bond acceptors (Lipinski definition) is 5. The maximum absolute atomic E-state index is 12.9. The third-order valence-corrected chi connectivity index (χ3v) is 5.21. The zero-order valence-corrected chi connectivity index (χ0v) is 19.5. The summed E-state index contributed by atoms with van der Waals surface area (Å²) < 4.78 is 19.4. The monoisotopic (exact) mass is 522 g/mol. The number of hydrazone groups is 1. The van der Waals surface area contributed by atoms with Gasteiger partial charge in [-0.05, 0) is 70.0 Å². The minimum Gasteiger partial charge on any atom is -0.488 e. The summed E-state index contributed by atoms with van der Waals surface area (Å²) in [4.78, 5) is 23.8. The van der Waals surface area contributed by atoms with Gasteiger partial charge in [-0.1, -0.05) is 18.2 Å². The van der Waals surface area contributed by atoms with E-state index in [9.17, 15) is 14.0 Å². The van der Waals surface area contributed by atoms with Gasteiger partial charge in [-0.15, -0.1) is 0 Å². The van der Waals surface area contributed by atoms with Crippen LogP contribution in [0.1, 0.15) is 29.5 Å². The van der Waals surface area contributed by atoms with Crippen LogP contribution in [0.2, 0.25) is 0 Å². The summed E-state index contributed by atoms with van der Waals surface area (Å²) in [6, 6.07) is 20.0. The van der Waals surface area contributed by atoms with Gasteiger partial charge < -0.3 is 10.1 Å². The van der Waals surface area contributed by atoms with Gasteiger partial charge >= 0.3 is 0 Å². The minimum absolute atomic E-state index is 0.0365. The lowest BCUT2D eigenvalue weighted by atomic mass is 10.1. The van der Waals surface area contributed by atoms with Gasteiger partial charge in [-0.25, -0.2) is 9.82 Å². The topological polar surface area (TPSA) is 104 Å². The van der Waals surface area contributed by atoms with Crippen molar-refractivity contribution in [1.29, 1.82) is 5.26 Å². The van der Waals surface area contributed by atoms with E-state index in [2.05, 4.69) is 37.8 Å². The molecule has 0 aliphatic heterocycles. The van der Waals surface area contributed by atoms with E-state index in [0.717, 1.165) is 5.56 Å². The first-order chi connectivity index (χ1) is 16.4. The Labute approximate surface area is 204 Å². The molecule has 3 rings (SSSR count). The first-order valence-electron chi connectivity index (χ1n) is 10.2. The molecule has 2 amide bonds. The second-order valence-electron chi connectivity index (χ2n) is 7.10. The smallest absolute Gasteiger partial charge is 0.240 e. The van der Waals surface area contributed by atoms with E-state index in [0.29, 0.717) is 27.0 Å². The Kier molecular flexibility index (Phi) is 8.88. The van der Waals surface area contributed by atoms with Crippen LogP contribution in [0.5, 0.6) is 5.75 Å². The van der Waals surface area contributed by atoms with Gasteiger partial charge in [0.2, 0.25) is 11.8 Å². The van der Waals surface area contributed by atoms with E-state index in [1.165, 1.54) is 30.5 Å². The van der Waals surface area contributed by atoms with Gasteiger partial charge in [0.05, 0.1) is 22.3 Å². The number of carbonyl (C=O) groups is 2. The van der Waals surface area contributed by atoms with Crippen LogP contribution in [0, 0.1) is 17.1 Å². The van der Waals surface area contributed by atoms with E-state index < -0.39 is 11.7 Å². The summed E-state index contributed by atoms with van der Waals surface area (Å²) in [5, 5.41) is 15.7. The van der Waals surface area contributed by atoms with Crippen molar-refractivity contribution in [2.24, 2.45) is 5.10 Å². The van der Waals surface area contributed by atoms with Crippen LogP contribution in [0.3, 0.4) is 0 Å². The zero-order chi connectivity index (χ0) is 24.3. The average Bonchev–Trinajstić information content (AvgIpc) is 2.84. The van der Waals surface area contributed by atoms with Crippen molar-refractivity contribution in [3.05, 3.63) is 93.7 Å². The summed E-state index contributed by atoms with van der Waals surface area (Å²) >= 11 is 3.44. The van der Waals surface area contributed by atoms with Gasteiger partial charge in [0, 0.05) is 24.1 Å². The van der Waals surface area contributed by atoms with E-state index in [1.807, 2.05) is 12.1 Å². The highest BCUT2D eigenvalue weighted by atomic mass is 79.9. The Balaban J connectivity index is 1.44. The number of ether oxygens (including phenoxy) is 1. The van der Waals surface area contributed by atoms with Crippen molar-refractivity contribution in [3.8, 4) is 11.8 Å². The molecule has 0 saturated heterocycles. The average molecular weight is 523 g/mol. The van der Waals surface area contributed by atoms with Crippen molar-refractivity contribution in [1.82, 2.24) is 5.43 Å². The number of benzene rings is 3. The van der Waals surface area contributed by atoms with Crippen LogP contribution in [-0.4, -0.2) is 18.0 Å². The van der Waals surface area contributed by atoms with Gasteiger partial charge in [0.25, 0.3) is 0 Å². The second kappa shape index (κ2) is 12.3. The standard InChI is InChI=1S/C25H20BrFN4O3/c26-22-13-17(5-10-23(22)34-16-19-4-2-1-3-18(19)14-28)15-29-31-25(33)12-11-24(32)30-21-8-6-20(27)7-9-21/h1-10,13,15H,11-12,16H2,(H,30,32)(H,31,33). The molecule has 0 spiro atoms. The Bertz CT molecular complexity index is 1240. The van der Waals surface area contributed by atoms with E-state index in [1.54, 1.807) is 30.3 Å². The molecule has 0 aliphatic rings. The Hall–Kier alpha value is -4.03. The highest BCUT2D eigenvalue weighted by molar-refractivity contribution is 9.10. The van der Waals surface area contributed by atoms with Gasteiger partial charge in [0.1, 0.15) is 18.2 Å². The number of rotatable bonds is 9. The predicted octanol–water partition coefficient (Wildman–Crippen LogP) is 4.91. The van der Waals surface area contributed by atoms with E-state index in [4.69, 9.17) is 10.00 Å². The van der Waals surface area contributed by atoms with Crippen molar-refractivity contribution < 1.29 is 18.7 Å². The molecule has 3 aromatic rings. The number of halogens is 2. The molecule has 34 heavy (non-hydrogen) atoms. The first kappa shape index (κ1) is 24.6. The molecule has 0 saturated carbocycles. The van der Waals surface area contributed by atoms with Crippen LogP contribution in [0.4, 0.5) is 10.1 Å². The van der Waals surface area contributed by atoms with Crippen molar-refractivity contribution in [3.63, 3.8) is 0 Å². The van der Waals surface area contributed by atoms with Crippen LogP contribution in [-0.2, 0) is 16.2 Å². The molecule has 0 bridgehead atoms. The number of hydrogen-bond donors (Lipinski definition) is 2. The highest BCUT2D eigenvalue weighted by Crippen LogP contribution is 2.26. The van der Waals surface area contributed by atoms with Crippen molar-refractivity contribution >= 4 is 39.6 Å². The zero-order valence-electron chi connectivity index (χ0n) is 17.9. The third kappa shape index (κ3) is 7.53. The lowest BCUT2D eigenvalue weighted by Gasteiger charge is -2.10. The van der Waals surface area contributed by atoms with Gasteiger partial charge in [-0.2, -0.15) is 10.4 Å². The molecule has 0 aromatic heterocycles. The molecule has 172 valence electrons. The SMILES string of the molecule is N#Cc1ccccc1COc1ccc(C=NNC(=O)CCC(=O)Nc2ccc(F)cc2)cc1Br. The largest absolute Gasteiger partial charge is 0.488 e. The molecular formula is C25H20BrFN4O3. The number of nitrogens with one attached hydrogen (secondary N) is 2. The van der Waals surface area contributed by atoms with Gasteiger partial charge in [0.15, 0.2) is 0 Å². The molecule has 9 heteroatoms. The molecular weight excluding hydrogens is 503 g/mol. The number of nitriles is 1. The Morgan fingerprint density at radius 1 is 1.06 bits per heavy atom. The molecule has 0 radical (unpaired) electrons. The molecule has 0 unspecified atom stereocenters. The predicted molar refractivity (Wildman–Crippen MR) is 130 cm³/mol. The maximum atomic E-state index is 12.9. The molecule has 3 aromatic carbocycles. The normalized spacial score (nSPS) is 10.5. The maximum Gasteiger partial charge on any atom is 0.240 e. The van der Waals surface area contributed by atoms with E-state index >= 15 is 0 Å². The minimum atomic E-state index is -0.416. The summed E-state index contributed by atoms with van der Waals surface area (Å²) in [6.45, 7) is 0.251. The third-order valence-electron chi connectivity index (χ3n) is 4.59. The Morgan fingerprint density at radius 2 is 1.79 bits per heavy atom. The molecule has 0 fully saturated rings. The molecule has 2 N–H and O–H groups in total. The lowest BCUT2D eigenvalue weighted by molar-refractivity contribution is -0.124. The number of nitrogens with zero attached hydrogens (tertiary/aromatic N) is 2. The van der Waals surface area contributed by atoms with Gasteiger partial charge in [-0.3, -0.25) is 9.59 Å². The van der Waals surface area contributed by atoms with Crippen LogP contribution in [0.25, 0.3) is 0 Å².